The zero-order valence-corrected chi connectivity index (χ0v) is 10.3. The normalized spacial score (nSPS) is 10.2. The van der Waals surface area contributed by atoms with Gasteiger partial charge in [-0.2, -0.15) is 11.3 Å². The minimum atomic E-state index is -0.193. The molecular weight excluding hydrogens is 234 g/mol. The maximum absolute atomic E-state index is 11.8. The molecule has 0 unspecified atom stereocenters. The van der Waals surface area contributed by atoms with Crippen LogP contribution in [0.15, 0.2) is 29.1 Å². The van der Waals surface area contributed by atoms with Gasteiger partial charge in [0.1, 0.15) is 5.82 Å². The summed E-state index contributed by atoms with van der Waals surface area (Å²) in [4.78, 5) is 15.7. The Labute approximate surface area is 103 Å². The Hall–Kier alpha value is -1.88. The maximum atomic E-state index is 11.8. The first-order valence-corrected chi connectivity index (χ1v) is 6.13. The third-order valence-corrected chi connectivity index (χ3v) is 3.39. The van der Waals surface area contributed by atoms with Gasteiger partial charge in [-0.1, -0.05) is 0 Å². The fourth-order valence-electron chi connectivity index (χ4n) is 1.45. The maximum Gasteiger partial charge on any atom is 0.255 e. The first kappa shape index (κ1) is 11.6. The number of pyridine rings is 1. The van der Waals surface area contributed by atoms with E-state index in [1.807, 2.05) is 12.3 Å². The number of amides is 1. The van der Waals surface area contributed by atoms with Crippen molar-refractivity contribution >= 4 is 23.1 Å². The smallest absolute Gasteiger partial charge is 0.255 e. The molecule has 0 aliphatic heterocycles. The van der Waals surface area contributed by atoms with Gasteiger partial charge >= 0.3 is 0 Å². The van der Waals surface area contributed by atoms with Crippen LogP contribution < -0.4 is 11.1 Å². The van der Waals surface area contributed by atoms with E-state index in [1.165, 1.54) is 5.56 Å². The van der Waals surface area contributed by atoms with Gasteiger partial charge in [0.2, 0.25) is 0 Å². The Kier molecular flexibility index (Phi) is 3.39. The number of hydrogen-bond donors (Lipinski definition) is 2. The van der Waals surface area contributed by atoms with E-state index in [0.717, 1.165) is 5.56 Å². The predicted molar refractivity (Wildman–Crippen MR) is 68.9 cm³/mol. The van der Waals surface area contributed by atoms with E-state index in [-0.39, 0.29) is 11.7 Å². The van der Waals surface area contributed by atoms with Crippen molar-refractivity contribution in [3.05, 3.63) is 45.8 Å². The molecule has 2 heterocycles. The van der Waals surface area contributed by atoms with Gasteiger partial charge in [-0.3, -0.25) is 4.79 Å². The van der Waals surface area contributed by atoms with Gasteiger partial charge in [0.05, 0.1) is 5.56 Å². The summed E-state index contributed by atoms with van der Waals surface area (Å²) in [6, 6.07) is 3.36. The molecule has 2 rings (SSSR count). The van der Waals surface area contributed by atoms with E-state index in [9.17, 15) is 4.79 Å². The van der Waals surface area contributed by atoms with Gasteiger partial charge < -0.3 is 11.1 Å². The van der Waals surface area contributed by atoms with Gasteiger partial charge in [-0.05, 0) is 40.9 Å². The number of aromatic nitrogens is 1. The summed E-state index contributed by atoms with van der Waals surface area (Å²) in [5, 5.41) is 6.92. The molecule has 0 spiro atoms. The highest BCUT2D eigenvalue weighted by Gasteiger charge is 2.09. The van der Waals surface area contributed by atoms with E-state index in [0.29, 0.717) is 12.1 Å². The Morgan fingerprint density at radius 1 is 1.53 bits per heavy atom. The van der Waals surface area contributed by atoms with Gasteiger partial charge in [-0.15, -0.1) is 0 Å². The Morgan fingerprint density at radius 2 is 2.35 bits per heavy atom. The number of hydrogen-bond acceptors (Lipinski definition) is 4. The molecule has 0 atom stereocenters. The van der Waals surface area contributed by atoms with Crippen molar-refractivity contribution in [2.24, 2.45) is 0 Å². The average Bonchev–Trinajstić information content (AvgIpc) is 2.72. The molecule has 17 heavy (non-hydrogen) atoms. The third-order valence-electron chi connectivity index (χ3n) is 2.48. The zero-order chi connectivity index (χ0) is 12.3. The first-order chi connectivity index (χ1) is 8.18. The summed E-state index contributed by atoms with van der Waals surface area (Å²) in [5.74, 6) is 0.0632. The summed E-state index contributed by atoms with van der Waals surface area (Å²) < 4.78 is 0. The largest absolute Gasteiger partial charge is 0.383 e. The quantitative estimate of drug-likeness (QED) is 0.871. The molecule has 0 radical (unpaired) electrons. The van der Waals surface area contributed by atoms with E-state index >= 15 is 0 Å². The zero-order valence-electron chi connectivity index (χ0n) is 9.43. The molecular formula is C12H13N3OS. The monoisotopic (exact) mass is 247 g/mol. The van der Waals surface area contributed by atoms with Crippen LogP contribution in [0.25, 0.3) is 0 Å². The van der Waals surface area contributed by atoms with E-state index in [1.54, 1.807) is 29.7 Å². The lowest BCUT2D eigenvalue weighted by Gasteiger charge is -2.06. The summed E-state index contributed by atoms with van der Waals surface area (Å²) in [6.45, 7) is 2.54. The molecule has 5 heteroatoms. The predicted octanol–water partition coefficient (Wildman–Crippen LogP) is 1.96. The van der Waals surface area contributed by atoms with Crippen molar-refractivity contribution in [3.8, 4) is 0 Å². The molecule has 2 aromatic heterocycles. The summed E-state index contributed by atoms with van der Waals surface area (Å²) in [5.41, 5.74) is 8.37. The number of carbonyl (C=O) groups is 1. The highest BCUT2D eigenvalue weighted by Crippen LogP contribution is 2.13. The number of anilines is 1. The standard InChI is InChI=1S/C12H13N3OS/c1-8-6-17-7-9(8)5-15-12(16)10-3-2-4-14-11(10)13/h2-4,6-7H,5H2,1H3,(H2,13,14)(H,15,16). The minimum absolute atomic E-state index is 0.193. The Balaban J connectivity index is 2.04. The van der Waals surface area contributed by atoms with Crippen molar-refractivity contribution in [1.29, 1.82) is 0 Å². The Bertz CT molecular complexity index is 536. The SMILES string of the molecule is Cc1cscc1CNC(=O)c1cccnc1N. The lowest BCUT2D eigenvalue weighted by molar-refractivity contribution is 0.0951. The van der Waals surface area contributed by atoms with Gasteiger partial charge in [0.25, 0.3) is 5.91 Å². The second-order valence-electron chi connectivity index (χ2n) is 3.70. The highest BCUT2D eigenvalue weighted by molar-refractivity contribution is 7.08. The van der Waals surface area contributed by atoms with E-state index < -0.39 is 0 Å². The molecule has 0 saturated heterocycles. The van der Waals surface area contributed by atoms with Crippen LogP contribution in [-0.4, -0.2) is 10.9 Å². The molecule has 0 aliphatic carbocycles. The van der Waals surface area contributed by atoms with Crippen molar-refractivity contribution in [1.82, 2.24) is 10.3 Å². The van der Waals surface area contributed by atoms with Crippen LogP contribution in [0.4, 0.5) is 5.82 Å². The number of rotatable bonds is 3. The molecule has 0 aromatic carbocycles. The van der Waals surface area contributed by atoms with Gasteiger partial charge in [0, 0.05) is 12.7 Å². The first-order valence-electron chi connectivity index (χ1n) is 5.19. The second-order valence-corrected chi connectivity index (χ2v) is 4.44. The van der Waals surface area contributed by atoms with Crippen molar-refractivity contribution in [2.75, 3.05) is 5.73 Å². The number of nitrogens with one attached hydrogen (secondary N) is 1. The second kappa shape index (κ2) is 4.97. The highest BCUT2D eigenvalue weighted by atomic mass is 32.1. The summed E-state index contributed by atoms with van der Waals surface area (Å²) in [7, 11) is 0. The molecule has 4 nitrogen and oxygen atoms in total. The lowest BCUT2D eigenvalue weighted by Crippen LogP contribution is -2.24. The molecule has 88 valence electrons. The molecule has 1 amide bonds. The van der Waals surface area contributed by atoms with Crippen LogP contribution in [0.2, 0.25) is 0 Å². The summed E-state index contributed by atoms with van der Waals surface area (Å²) >= 11 is 1.63. The van der Waals surface area contributed by atoms with Crippen LogP contribution in [0, 0.1) is 6.92 Å². The molecule has 2 aromatic rings. The van der Waals surface area contributed by atoms with Crippen molar-refractivity contribution < 1.29 is 4.79 Å². The molecule has 0 bridgehead atoms. The topological polar surface area (TPSA) is 68.0 Å². The number of nitrogen functional groups attached to an aromatic ring is 1. The fraction of sp³-hybridized carbons (Fsp3) is 0.167. The molecule has 0 aliphatic rings. The molecule has 0 saturated carbocycles. The van der Waals surface area contributed by atoms with Crippen LogP contribution in [-0.2, 0) is 6.54 Å². The number of aryl methyl sites for hydroxylation is 1. The van der Waals surface area contributed by atoms with Gasteiger partial charge in [-0.25, -0.2) is 4.98 Å². The van der Waals surface area contributed by atoms with Crippen LogP contribution >= 0.6 is 11.3 Å². The lowest BCUT2D eigenvalue weighted by atomic mass is 10.2. The molecule has 3 N–H and O–H groups in total. The van der Waals surface area contributed by atoms with Crippen molar-refractivity contribution in [2.45, 2.75) is 13.5 Å². The number of thiophene rings is 1. The number of carbonyl (C=O) groups excluding carboxylic acids is 1. The fourth-order valence-corrected chi connectivity index (χ4v) is 2.31. The number of nitrogens with two attached hydrogens (primary N) is 1. The van der Waals surface area contributed by atoms with Crippen LogP contribution in [0.5, 0.6) is 0 Å². The third kappa shape index (κ3) is 2.62. The van der Waals surface area contributed by atoms with Crippen molar-refractivity contribution in [3.63, 3.8) is 0 Å². The van der Waals surface area contributed by atoms with Crippen LogP contribution in [0.1, 0.15) is 21.5 Å². The minimum Gasteiger partial charge on any atom is -0.383 e. The average molecular weight is 247 g/mol. The van der Waals surface area contributed by atoms with E-state index in [4.69, 9.17) is 5.73 Å². The van der Waals surface area contributed by atoms with Crippen LogP contribution in [0.3, 0.4) is 0 Å². The van der Waals surface area contributed by atoms with E-state index in [2.05, 4.69) is 15.7 Å². The molecule has 0 fully saturated rings. The Morgan fingerprint density at radius 3 is 3.00 bits per heavy atom. The van der Waals surface area contributed by atoms with Gasteiger partial charge in [0.15, 0.2) is 0 Å². The number of nitrogens with zero attached hydrogens (tertiary/aromatic N) is 1. The summed E-state index contributed by atoms with van der Waals surface area (Å²) in [6.07, 6.45) is 1.56.